The maximum absolute atomic E-state index is 10.5. The number of carbonyl (C=O) groups excluding carboxylic acids is 2. The summed E-state index contributed by atoms with van der Waals surface area (Å²) in [4.78, 5) is 20.8. The van der Waals surface area contributed by atoms with Crippen LogP contribution in [0.3, 0.4) is 0 Å². The van der Waals surface area contributed by atoms with Crippen LogP contribution in [-0.4, -0.2) is 16.9 Å². The summed E-state index contributed by atoms with van der Waals surface area (Å²) in [6, 6.07) is 0. The highest BCUT2D eigenvalue weighted by atomic mass is 16.2. The summed E-state index contributed by atoms with van der Waals surface area (Å²) < 4.78 is 0. The SMILES string of the molecule is CC(=O)NN([NH2+]N)C(C)=O. The number of hydrazine groups is 1. The van der Waals surface area contributed by atoms with Crippen LogP contribution in [0.5, 0.6) is 0 Å². The zero-order valence-electron chi connectivity index (χ0n) is 5.92. The van der Waals surface area contributed by atoms with Crippen molar-refractivity contribution in [3.8, 4) is 0 Å². The van der Waals surface area contributed by atoms with Crippen molar-refractivity contribution < 1.29 is 15.1 Å². The van der Waals surface area contributed by atoms with E-state index in [4.69, 9.17) is 5.84 Å². The minimum Gasteiger partial charge on any atom is -0.273 e. The van der Waals surface area contributed by atoms with E-state index < -0.39 is 0 Å². The lowest BCUT2D eigenvalue weighted by molar-refractivity contribution is -0.806. The number of nitrogens with one attached hydrogen (secondary N) is 1. The van der Waals surface area contributed by atoms with Crippen LogP contribution in [0.25, 0.3) is 0 Å². The van der Waals surface area contributed by atoms with Crippen LogP contribution in [0.15, 0.2) is 0 Å². The van der Waals surface area contributed by atoms with Gasteiger partial charge in [0.2, 0.25) is 5.91 Å². The van der Waals surface area contributed by atoms with Crippen molar-refractivity contribution in [1.29, 1.82) is 0 Å². The van der Waals surface area contributed by atoms with Gasteiger partial charge < -0.3 is 0 Å². The van der Waals surface area contributed by atoms with E-state index in [1.807, 2.05) is 0 Å². The second-order valence-corrected chi connectivity index (χ2v) is 1.71. The molecule has 0 unspecified atom stereocenters. The lowest BCUT2D eigenvalue weighted by Gasteiger charge is -2.12. The molecule has 0 rings (SSSR count). The Hall–Kier alpha value is -1.14. The molecule has 0 saturated heterocycles. The van der Waals surface area contributed by atoms with Gasteiger partial charge in [-0.2, -0.15) is 5.84 Å². The molecule has 0 fully saturated rings. The number of quaternary nitrogens is 1. The lowest BCUT2D eigenvalue weighted by Crippen LogP contribution is -3.03. The van der Waals surface area contributed by atoms with E-state index in [2.05, 4.69) is 5.43 Å². The first-order valence-electron chi connectivity index (χ1n) is 2.70. The average Bonchev–Trinajstić information content (AvgIpc) is 1.81. The van der Waals surface area contributed by atoms with E-state index in [-0.39, 0.29) is 11.8 Å². The van der Waals surface area contributed by atoms with Gasteiger partial charge in [0.1, 0.15) is 0 Å². The molecule has 0 aromatic rings. The van der Waals surface area contributed by atoms with Gasteiger partial charge in [-0.3, -0.25) is 9.59 Å². The van der Waals surface area contributed by atoms with Gasteiger partial charge >= 0.3 is 0 Å². The Morgan fingerprint density at radius 2 is 2.00 bits per heavy atom. The minimum absolute atomic E-state index is 0.335. The lowest BCUT2D eigenvalue weighted by atomic mass is 10.7. The normalized spacial score (nSPS) is 8.70. The topological polar surface area (TPSA) is 92.0 Å². The highest BCUT2D eigenvalue weighted by Crippen LogP contribution is 1.68. The molecule has 0 saturated carbocycles. The fourth-order valence-corrected chi connectivity index (χ4v) is 0.391. The van der Waals surface area contributed by atoms with E-state index in [1.54, 1.807) is 0 Å². The molecular formula is C4H11N4O2+. The number of nitrogens with zero attached hydrogens (tertiary/aromatic N) is 1. The van der Waals surface area contributed by atoms with Gasteiger partial charge in [0.05, 0.1) is 0 Å². The molecule has 5 N–H and O–H groups in total. The first-order chi connectivity index (χ1) is 4.57. The monoisotopic (exact) mass is 147 g/mol. The highest BCUT2D eigenvalue weighted by Gasteiger charge is 2.09. The Kier molecular flexibility index (Phi) is 3.37. The van der Waals surface area contributed by atoms with E-state index in [9.17, 15) is 9.59 Å². The standard InChI is InChI=1S/C4H10N4O2/c1-3(9)6-8(7-5)4(2)10/h7H,5H2,1-2H3,(H,6,9)/p+1. The average molecular weight is 147 g/mol. The molecule has 0 atom stereocenters. The van der Waals surface area contributed by atoms with Gasteiger partial charge in [0.15, 0.2) is 0 Å². The second kappa shape index (κ2) is 3.80. The third-order valence-corrected chi connectivity index (χ3v) is 0.766. The molecule has 10 heavy (non-hydrogen) atoms. The van der Waals surface area contributed by atoms with E-state index in [0.717, 1.165) is 10.7 Å². The predicted octanol–water partition coefficient (Wildman–Crippen LogP) is -2.76. The summed E-state index contributed by atoms with van der Waals surface area (Å²) in [5.74, 6) is 4.32. The Balaban J connectivity index is 3.83. The van der Waals surface area contributed by atoms with Crippen molar-refractivity contribution in [2.75, 3.05) is 0 Å². The molecule has 58 valence electrons. The van der Waals surface area contributed by atoms with E-state index >= 15 is 0 Å². The molecular weight excluding hydrogens is 136 g/mol. The number of hydrogen-bond donors (Lipinski definition) is 3. The van der Waals surface area contributed by atoms with Gasteiger partial charge in [-0.25, -0.2) is 5.43 Å². The summed E-state index contributed by atoms with van der Waals surface area (Å²) in [6.45, 7) is 2.58. The Morgan fingerprint density at radius 3 is 2.10 bits per heavy atom. The number of amides is 2. The number of nitrogens with two attached hydrogens (primary N) is 2. The van der Waals surface area contributed by atoms with Crippen molar-refractivity contribution in [1.82, 2.24) is 10.5 Å². The van der Waals surface area contributed by atoms with Crippen molar-refractivity contribution in [3.63, 3.8) is 0 Å². The molecule has 0 aromatic carbocycles. The van der Waals surface area contributed by atoms with Crippen LogP contribution in [0, 0.1) is 0 Å². The van der Waals surface area contributed by atoms with Crippen LogP contribution in [0.2, 0.25) is 0 Å². The molecule has 6 nitrogen and oxygen atoms in total. The highest BCUT2D eigenvalue weighted by molar-refractivity contribution is 5.78. The van der Waals surface area contributed by atoms with Crippen LogP contribution in [-0.2, 0) is 9.59 Å². The molecule has 0 aliphatic rings. The fourth-order valence-electron chi connectivity index (χ4n) is 0.391. The van der Waals surface area contributed by atoms with Crippen molar-refractivity contribution in [2.24, 2.45) is 5.84 Å². The molecule has 0 heterocycles. The largest absolute Gasteiger partial charge is 0.290 e. The summed E-state index contributed by atoms with van der Waals surface area (Å²) in [5, 5.41) is 0.905. The van der Waals surface area contributed by atoms with Crippen LogP contribution < -0.4 is 16.8 Å². The number of hydrogen-bond acceptors (Lipinski definition) is 3. The van der Waals surface area contributed by atoms with Crippen LogP contribution in [0.1, 0.15) is 13.8 Å². The molecule has 0 aliphatic heterocycles. The smallest absolute Gasteiger partial charge is 0.273 e. The molecule has 2 amide bonds. The minimum atomic E-state index is -0.336. The third kappa shape index (κ3) is 3.00. The first-order valence-corrected chi connectivity index (χ1v) is 2.70. The van der Waals surface area contributed by atoms with Crippen molar-refractivity contribution in [3.05, 3.63) is 0 Å². The Morgan fingerprint density at radius 1 is 1.50 bits per heavy atom. The van der Waals surface area contributed by atoms with Crippen LogP contribution >= 0.6 is 0 Å². The van der Waals surface area contributed by atoms with Crippen LogP contribution in [0.4, 0.5) is 0 Å². The molecule has 0 bridgehead atoms. The van der Waals surface area contributed by atoms with Gasteiger partial charge in [-0.15, -0.1) is 5.53 Å². The second-order valence-electron chi connectivity index (χ2n) is 1.71. The maximum atomic E-state index is 10.5. The molecule has 0 aliphatic carbocycles. The van der Waals surface area contributed by atoms with E-state index in [0.29, 0.717) is 0 Å². The molecule has 0 radical (unpaired) electrons. The summed E-state index contributed by atoms with van der Waals surface area (Å²) in [7, 11) is 0. The summed E-state index contributed by atoms with van der Waals surface area (Å²) in [5.41, 5.74) is 3.18. The van der Waals surface area contributed by atoms with Crippen molar-refractivity contribution in [2.45, 2.75) is 13.8 Å². The third-order valence-electron chi connectivity index (χ3n) is 0.766. The predicted molar refractivity (Wildman–Crippen MR) is 32.4 cm³/mol. The molecule has 6 heteroatoms. The zero-order valence-corrected chi connectivity index (χ0v) is 5.92. The molecule has 0 spiro atoms. The summed E-state index contributed by atoms with van der Waals surface area (Å²) >= 11 is 0. The maximum Gasteiger partial charge on any atom is 0.290 e. The molecule has 0 aromatic heterocycles. The van der Waals surface area contributed by atoms with E-state index in [1.165, 1.54) is 13.8 Å². The van der Waals surface area contributed by atoms with Crippen molar-refractivity contribution >= 4 is 11.8 Å². The fraction of sp³-hybridized carbons (Fsp3) is 0.500. The van der Waals surface area contributed by atoms with Gasteiger partial charge in [-0.1, -0.05) is 5.12 Å². The Labute approximate surface area is 58.3 Å². The summed E-state index contributed by atoms with van der Waals surface area (Å²) in [6.07, 6.45) is 0. The van der Waals surface area contributed by atoms with Gasteiger partial charge in [-0.05, 0) is 0 Å². The Bertz CT molecular complexity index is 146. The van der Waals surface area contributed by atoms with Gasteiger partial charge in [0.25, 0.3) is 5.91 Å². The quantitative estimate of drug-likeness (QED) is 0.213. The number of rotatable bonds is 1. The number of carbonyl (C=O) groups is 2. The zero-order chi connectivity index (χ0) is 8.15. The van der Waals surface area contributed by atoms with Gasteiger partial charge in [0, 0.05) is 13.8 Å². The first kappa shape index (κ1) is 8.86.